The van der Waals surface area contributed by atoms with Crippen molar-refractivity contribution in [1.29, 1.82) is 0 Å². The second-order valence-electron chi connectivity index (χ2n) is 8.01. The molecule has 1 aromatic heterocycles. The molecule has 32 heavy (non-hydrogen) atoms. The number of aryl methyl sites for hydroxylation is 3. The summed E-state index contributed by atoms with van der Waals surface area (Å²) in [5.74, 6) is 1.21. The van der Waals surface area contributed by atoms with E-state index in [0.717, 1.165) is 22.5 Å². The molecule has 0 spiro atoms. The van der Waals surface area contributed by atoms with E-state index in [0.29, 0.717) is 11.6 Å². The summed E-state index contributed by atoms with van der Waals surface area (Å²) in [6.07, 6.45) is 5.18. The summed E-state index contributed by atoms with van der Waals surface area (Å²) < 4.78 is 7.09. The maximum Gasteiger partial charge on any atom is 0.265 e. The number of hydrogen-bond donors (Lipinski definition) is 0. The molecule has 5 rings (SSSR count). The van der Waals surface area contributed by atoms with Gasteiger partial charge < -0.3 is 8.98 Å². The highest BCUT2D eigenvalue weighted by Gasteiger charge is 2.16. The molecule has 3 heterocycles. The first-order valence-corrected chi connectivity index (χ1v) is 10.4. The van der Waals surface area contributed by atoms with Crippen molar-refractivity contribution in [3.63, 3.8) is 0 Å². The van der Waals surface area contributed by atoms with Crippen LogP contribution >= 0.6 is 0 Å². The number of fused-ring (bicyclic) bond motifs is 1. The van der Waals surface area contributed by atoms with E-state index < -0.39 is 0 Å². The van der Waals surface area contributed by atoms with Crippen LogP contribution in [-0.2, 0) is 6.54 Å². The highest BCUT2D eigenvalue weighted by Crippen LogP contribution is 2.28. The molecule has 0 saturated heterocycles. The van der Waals surface area contributed by atoms with Crippen molar-refractivity contribution in [2.45, 2.75) is 27.3 Å². The number of nitrogens with zero attached hydrogens (tertiary/aromatic N) is 4. The van der Waals surface area contributed by atoms with E-state index in [1.54, 1.807) is 17.7 Å². The number of Topliss-reactive ketones (excluding diaryl/α,β-unsaturated/α-hetero) is 1. The van der Waals surface area contributed by atoms with Gasteiger partial charge in [0.2, 0.25) is 5.78 Å². The molecular weight excluding hydrogens is 400 g/mol. The number of rotatable bonds is 5. The molecular formula is C26H22N4O2. The van der Waals surface area contributed by atoms with Gasteiger partial charge in [-0.25, -0.2) is 15.0 Å². The van der Waals surface area contributed by atoms with Crippen molar-refractivity contribution < 1.29 is 9.21 Å². The summed E-state index contributed by atoms with van der Waals surface area (Å²) in [7, 11) is 0. The van der Waals surface area contributed by atoms with Gasteiger partial charge in [0.25, 0.3) is 5.89 Å². The van der Waals surface area contributed by atoms with E-state index in [-0.39, 0.29) is 18.2 Å². The third kappa shape index (κ3) is 3.83. The minimum absolute atomic E-state index is 0.119. The molecule has 2 aromatic carbocycles. The van der Waals surface area contributed by atoms with Crippen LogP contribution < -0.4 is 0 Å². The zero-order chi connectivity index (χ0) is 22.2. The summed E-state index contributed by atoms with van der Waals surface area (Å²) in [6, 6.07) is 16.6. The second-order valence-corrected chi connectivity index (χ2v) is 8.01. The summed E-state index contributed by atoms with van der Waals surface area (Å²) in [6.45, 7) is 6.14. The summed E-state index contributed by atoms with van der Waals surface area (Å²) in [5.41, 5.74) is 7.39. The molecule has 0 fully saturated rings. The Morgan fingerprint density at radius 2 is 1.59 bits per heavy atom. The third-order valence-electron chi connectivity index (χ3n) is 5.60. The summed E-state index contributed by atoms with van der Waals surface area (Å²) >= 11 is 0. The molecule has 6 nitrogen and oxygen atoms in total. The van der Waals surface area contributed by atoms with Gasteiger partial charge in [-0.2, -0.15) is 0 Å². The number of pyridine rings is 1. The fourth-order valence-electron chi connectivity index (χ4n) is 3.63. The smallest absolute Gasteiger partial charge is 0.265 e. The quantitative estimate of drug-likeness (QED) is 0.349. The van der Waals surface area contributed by atoms with Crippen LogP contribution in [0.2, 0.25) is 0 Å². The van der Waals surface area contributed by atoms with Gasteiger partial charge in [0.15, 0.2) is 5.82 Å². The SMILES string of the molecule is Cc1cnc(C(=O)Cn2ccc3nc(-c4ccc(-c5ccc(C)c(C)c5)cc4)nc-3c2)o1. The fraction of sp³-hybridized carbons (Fsp3) is 0.154. The molecule has 0 saturated carbocycles. The van der Waals surface area contributed by atoms with Crippen molar-refractivity contribution in [3.8, 4) is 33.9 Å². The monoisotopic (exact) mass is 422 g/mol. The van der Waals surface area contributed by atoms with Crippen LogP contribution in [-0.4, -0.2) is 25.3 Å². The van der Waals surface area contributed by atoms with E-state index in [4.69, 9.17) is 4.42 Å². The van der Waals surface area contributed by atoms with Gasteiger partial charge in [-0.1, -0.05) is 42.5 Å². The maximum absolute atomic E-state index is 12.4. The van der Waals surface area contributed by atoms with E-state index >= 15 is 0 Å². The van der Waals surface area contributed by atoms with Gasteiger partial charge in [0, 0.05) is 18.0 Å². The Morgan fingerprint density at radius 3 is 2.31 bits per heavy atom. The number of imidazole rings is 1. The molecule has 3 aromatic rings. The van der Waals surface area contributed by atoms with Gasteiger partial charge in [-0.3, -0.25) is 4.79 Å². The molecule has 0 amide bonds. The second kappa shape index (κ2) is 7.89. The average molecular weight is 422 g/mol. The largest absolute Gasteiger partial charge is 0.439 e. The van der Waals surface area contributed by atoms with Crippen LogP contribution in [0, 0.1) is 20.8 Å². The number of carbonyl (C=O) groups is 1. The number of hydrogen-bond acceptors (Lipinski definition) is 5. The predicted octanol–water partition coefficient (Wildman–Crippen LogP) is 5.51. The highest BCUT2D eigenvalue weighted by molar-refractivity contribution is 5.91. The van der Waals surface area contributed by atoms with Crippen molar-refractivity contribution in [2.75, 3.05) is 0 Å². The number of benzene rings is 2. The fourth-order valence-corrected chi connectivity index (χ4v) is 3.63. The molecule has 0 unspecified atom stereocenters. The highest BCUT2D eigenvalue weighted by atomic mass is 16.4. The van der Waals surface area contributed by atoms with Crippen molar-refractivity contribution in [1.82, 2.24) is 19.5 Å². The lowest BCUT2D eigenvalue weighted by atomic mass is 9.99. The molecule has 0 atom stereocenters. The van der Waals surface area contributed by atoms with Gasteiger partial charge >= 0.3 is 0 Å². The first-order valence-electron chi connectivity index (χ1n) is 10.4. The van der Waals surface area contributed by atoms with Crippen LogP contribution in [0.15, 0.2) is 71.5 Å². The van der Waals surface area contributed by atoms with Crippen LogP contribution in [0.25, 0.3) is 33.9 Å². The molecule has 0 N–H and O–H groups in total. The molecule has 0 aliphatic carbocycles. The van der Waals surface area contributed by atoms with Crippen molar-refractivity contribution in [2.24, 2.45) is 0 Å². The number of ketones is 1. The molecule has 158 valence electrons. The van der Waals surface area contributed by atoms with Gasteiger partial charge in [0.05, 0.1) is 18.4 Å². The Kier molecular flexibility index (Phi) is 4.90. The van der Waals surface area contributed by atoms with Crippen molar-refractivity contribution >= 4 is 5.78 Å². The minimum Gasteiger partial charge on any atom is -0.439 e. The van der Waals surface area contributed by atoms with Gasteiger partial charge in [-0.05, 0) is 49.1 Å². The lowest BCUT2D eigenvalue weighted by Gasteiger charge is -2.06. The minimum atomic E-state index is -0.191. The number of carbonyl (C=O) groups excluding carboxylic acids is 1. The predicted molar refractivity (Wildman–Crippen MR) is 123 cm³/mol. The van der Waals surface area contributed by atoms with Crippen LogP contribution in [0.5, 0.6) is 0 Å². The maximum atomic E-state index is 12.4. The van der Waals surface area contributed by atoms with Crippen molar-refractivity contribution in [3.05, 3.63) is 89.9 Å². The lowest BCUT2D eigenvalue weighted by Crippen LogP contribution is -2.11. The number of oxazole rings is 1. The summed E-state index contributed by atoms with van der Waals surface area (Å²) in [5, 5.41) is 0. The van der Waals surface area contributed by atoms with Crippen LogP contribution in [0.4, 0.5) is 0 Å². The van der Waals surface area contributed by atoms with Crippen LogP contribution in [0.3, 0.4) is 0 Å². The Morgan fingerprint density at radius 1 is 0.875 bits per heavy atom. The zero-order valence-electron chi connectivity index (χ0n) is 18.2. The Labute approximate surface area is 185 Å². The molecule has 0 bridgehead atoms. The summed E-state index contributed by atoms with van der Waals surface area (Å²) in [4.78, 5) is 25.7. The van der Waals surface area contributed by atoms with Crippen LogP contribution in [0.1, 0.15) is 27.6 Å². The van der Waals surface area contributed by atoms with E-state index in [1.807, 2.05) is 30.6 Å². The Hall–Kier alpha value is -4.06. The van der Waals surface area contributed by atoms with Gasteiger partial charge in [-0.15, -0.1) is 0 Å². The van der Waals surface area contributed by atoms with E-state index in [1.165, 1.54) is 16.7 Å². The first-order chi connectivity index (χ1) is 15.5. The standard InChI is InChI=1S/C26H22N4O2/c1-16-4-5-21(12-17(16)2)19-6-8-20(9-7-19)25-28-22-10-11-30(14-23(22)29-25)15-24(31)26-27-13-18(3)32-26/h4-14H,15H2,1-3H3. The third-order valence-corrected chi connectivity index (χ3v) is 5.60. The molecule has 0 radical (unpaired) electrons. The van der Waals surface area contributed by atoms with E-state index in [2.05, 4.69) is 59.1 Å². The molecule has 2 aliphatic rings. The normalized spacial score (nSPS) is 11.2. The topological polar surface area (TPSA) is 73.8 Å². The molecule has 6 heteroatoms. The molecule has 2 aliphatic heterocycles. The van der Waals surface area contributed by atoms with E-state index in [9.17, 15) is 4.79 Å². The zero-order valence-corrected chi connectivity index (χ0v) is 18.2. The van der Waals surface area contributed by atoms with Gasteiger partial charge in [0.1, 0.15) is 11.5 Å². The number of aromatic nitrogens is 4. The lowest BCUT2D eigenvalue weighted by molar-refractivity contribution is 0.0937. The Balaban J connectivity index is 1.38. The average Bonchev–Trinajstić information content (AvgIpc) is 3.42. The Bertz CT molecular complexity index is 1400. The first kappa shape index (κ1) is 19.9.